The smallest absolute Gasteiger partial charge is 0.182 e. The normalized spacial score (nSPS) is 20.9. The van der Waals surface area contributed by atoms with Gasteiger partial charge in [-0.05, 0) is 23.6 Å². The van der Waals surface area contributed by atoms with Gasteiger partial charge in [0.25, 0.3) is 0 Å². The van der Waals surface area contributed by atoms with Gasteiger partial charge in [-0.1, -0.05) is 38.1 Å². The molecule has 1 heterocycles. The SMILES string of the molecule is CC(C)c1ccc2c(c1)N(C1=CC=CCC1=O)CC(N)N=C2. The van der Waals surface area contributed by atoms with Crippen LogP contribution in [0, 0.1) is 0 Å². The second kappa shape index (κ2) is 5.89. The summed E-state index contributed by atoms with van der Waals surface area (Å²) in [7, 11) is 0. The molecule has 1 atom stereocenters. The predicted octanol–water partition coefficient (Wildman–Crippen LogP) is 2.75. The fraction of sp³-hybridized carbons (Fsp3) is 0.333. The van der Waals surface area contributed by atoms with Gasteiger partial charge in [-0.15, -0.1) is 0 Å². The lowest BCUT2D eigenvalue weighted by molar-refractivity contribution is -0.115. The third-order valence-corrected chi connectivity index (χ3v) is 4.06. The Labute approximate surface area is 131 Å². The van der Waals surface area contributed by atoms with Gasteiger partial charge in [0.1, 0.15) is 6.17 Å². The third-order valence-electron chi connectivity index (χ3n) is 4.06. The summed E-state index contributed by atoms with van der Waals surface area (Å²) in [5.74, 6) is 0.550. The first-order valence-corrected chi connectivity index (χ1v) is 7.66. The second-order valence-electron chi connectivity index (χ2n) is 6.04. The van der Waals surface area contributed by atoms with E-state index in [2.05, 4.69) is 37.0 Å². The maximum atomic E-state index is 12.3. The molecule has 0 amide bonds. The highest BCUT2D eigenvalue weighted by Crippen LogP contribution is 2.30. The molecule has 0 radical (unpaired) electrons. The monoisotopic (exact) mass is 295 g/mol. The van der Waals surface area contributed by atoms with Crippen molar-refractivity contribution in [3.05, 3.63) is 53.3 Å². The molecule has 1 aliphatic carbocycles. The van der Waals surface area contributed by atoms with E-state index in [1.165, 1.54) is 5.56 Å². The molecular formula is C18H21N3O. The highest BCUT2D eigenvalue weighted by atomic mass is 16.1. The molecule has 1 unspecified atom stereocenters. The van der Waals surface area contributed by atoms with E-state index in [1.54, 1.807) is 0 Å². The molecule has 114 valence electrons. The highest BCUT2D eigenvalue weighted by molar-refractivity contribution is 6.02. The zero-order valence-corrected chi connectivity index (χ0v) is 13.0. The molecule has 0 bridgehead atoms. The van der Waals surface area contributed by atoms with Crippen LogP contribution in [0.3, 0.4) is 0 Å². The van der Waals surface area contributed by atoms with Crippen LogP contribution < -0.4 is 10.6 Å². The van der Waals surface area contributed by atoms with Crippen molar-refractivity contribution in [3.63, 3.8) is 0 Å². The molecule has 0 saturated carbocycles. The Hall–Kier alpha value is -2.20. The lowest BCUT2D eigenvalue weighted by atomic mass is 9.99. The molecule has 22 heavy (non-hydrogen) atoms. The number of carbonyl (C=O) groups is 1. The number of nitrogens with zero attached hydrogens (tertiary/aromatic N) is 2. The summed E-state index contributed by atoms with van der Waals surface area (Å²) >= 11 is 0. The molecule has 3 rings (SSSR count). The number of anilines is 1. The number of ketones is 1. The predicted molar refractivity (Wildman–Crippen MR) is 90.3 cm³/mol. The van der Waals surface area contributed by atoms with Crippen LogP contribution >= 0.6 is 0 Å². The minimum absolute atomic E-state index is 0.123. The number of hydrogen-bond donors (Lipinski definition) is 1. The minimum Gasteiger partial charge on any atom is -0.335 e. The molecule has 0 aromatic heterocycles. The molecule has 1 aromatic rings. The molecule has 2 aliphatic rings. The van der Waals surface area contributed by atoms with Gasteiger partial charge in [0, 0.05) is 18.2 Å². The van der Waals surface area contributed by atoms with Crippen LogP contribution in [0.2, 0.25) is 0 Å². The van der Waals surface area contributed by atoms with Crippen LogP contribution in [-0.2, 0) is 4.79 Å². The quantitative estimate of drug-likeness (QED) is 0.912. The number of fused-ring (bicyclic) bond motifs is 1. The first-order valence-electron chi connectivity index (χ1n) is 7.66. The van der Waals surface area contributed by atoms with Crippen LogP contribution in [-0.4, -0.2) is 24.7 Å². The van der Waals surface area contributed by atoms with Crippen LogP contribution in [0.15, 0.2) is 47.1 Å². The number of rotatable bonds is 2. The van der Waals surface area contributed by atoms with Crippen molar-refractivity contribution in [2.45, 2.75) is 32.4 Å². The van der Waals surface area contributed by atoms with E-state index in [9.17, 15) is 4.79 Å². The van der Waals surface area contributed by atoms with Crippen molar-refractivity contribution in [1.82, 2.24) is 0 Å². The maximum absolute atomic E-state index is 12.3. The fourth-order valence-electron chi connectivity index (χ4n) is 2.77. The van der Waals surface area contributed by atoms with Crippen LogP contribution in [0.4, 0.5) is 5.69 Å². The van der Waals surface area contributed by atoms with Gasteiger partial charge in [0.15, 0.2) is 5.78 Å². The van der Waals surface area contributed by atoms with E-state index in [4.69, 9.17) is 5.73 Å². The van der Waals surface area contributed by atoms with Crippen molar-refractivity contribution >= 4 is 17.7 Å². The summed E-state index contributed by atoms with van der Waals surface area (Å²) in [6.45, 7) is 4.84. The standard InChI is InChI=1S/C18H21N3O/c1-12(2)13-7-8-14-10-20-18(19)11-21(16(14)9-13)15-5-3-4-6-17(15)22/h3-5,7-10,12,18H,6,11,19H2,1-2H3. The number of carbonyl (C=O) groups excluding carboxylic acids is 1. The number of aliphatic imine (C=N–C) groups is 1. The van der Waals surface area contributed by atoms with E-state index in [1.807, 2.05) is 29.3 Å². The van der Waals surface area contributed by atoms with E-state index in [-0.39, 0.29) is 11.9 Å². The lowest BCUT2D eigenvalue weighted by Gasteiger charge is -2.29. The summed E-state index contributed by atoms with van der Waals surface area (Å²) < 4.78 is 0. The average molecular weight is 295 g/mol. The lowest BCUT2D eigenvalue weighted by Crippen LogP contribution is -2.37. The molecule has 0 saturated heterocycles. The third kappa shape index (κ3) is 2.74. The van der Waals surface area contributed by atoms with Crippen molar-refractivity contribution < 1.29 is 4.79 Å². The molecule has 1 aliphatic heterocycles. The van der Waals surface area contributed by atoms with Gasteiger partial charge in [0.2, 0.25) is 0 Å². The number of benzodiazepines with no additional fused rings is 1. The Morgan fingerprint density at radius 2 is 2.18 bits per heavy atom. The number of allylic oxidation sites excluding steroid dienone is 4. The van der Waals surface area contributed by atoms with E-state index < -0.39 is 0 Å². The first kappa shape index (κ1) is 14.7. The number of hydrogen-bond acceptors (Lipinski definition) is 4. The van der Waals surface area contributed by atoms with E-state index >= 15 is 0 Å². The van der Waals surface area contributed by atoms with Crippen LogP contribution in [0.1, 0.15) is 37.3 Å². The first-order chi connectivity index (χ1) is 10.6. The largest absolute Gasteiger partial charge is 0.335 e. The van der Waals surface area contributed by atoms with Gasteiger partial charge in [-0.2, -0.15) is 0 Å². The van der Waals surface area contributed by atoms with Gasteiger partial charge in [-0.25, -0.2) is 0 Å². The molecular weight excluding hydrogens is 274 g/mol. The Kier molecular flexibility index (Phi) is 3.94. The van der Waals surface area contributed by atoms with Crippen molar-refractivity contribution in [2.24, 2.45) is 10.7 Å². The molecule has 1 aromatic carbocycles. The minimum atomic E-state index is -0.338. The van der Waals surface area contributed by atoms with Gasteiger partial charge >= 0.3 is 0 Å². The zero-order valence-electron chi connectivity index (χ0n) is 13.0. The number of Topliss-reactive ketones (excluding diaryl/α,β-unsaturated/α-hetero) is 1. The average Bonchev–Trinajstić information content (AvgIpc) is 2.67. The van der Waals surface area contributed by atoms with Gasteiger partial charge in [0.05, 0.1) is 17.9 Å². The van der Waals surface area contributed by atoms with Gasteiger partial charge in [-0.3, -0.25) is 9.79 Å². The number of benzene rings is 1. The Bertz CT molecular complexity index is 686. The number of nitrogens with two attached hydrogens (primary N) is 1. The molecule has 0 spiro atoms. The summed E-state index contributed by atoms with van der Waals surface area (Å²) in [5.41, 5.74) is 10.0. The van der Waals surface area contributed by atoms with E-state index in [0.717, 1.165) is 11.3 Å². The highest BCUT2D eigenvalue weighted by Gasteiger charge is 2.25. The van der Waals surface area contributed by atoms with Gasteiger partial charge < -0.3 is 10.6 Å². The van der Waals surface area contributed by atoms with Crippen molar-refractivity contribution in [1.29, 1.82) is 0 Å². The van der Waals surface area contributed by atoms with Crippen molar-refractivity contribution in [2.75, 3.05) is 11.4 Å². The Morgan fingerprint density at radius 1 is 1.36 bits per heavy atom. The molecule has 0 fully saturated rings. The fourth-order valence-corrected chi connectivity index (χ4v) is 2.77. The summed E-state index contributed by atoms with van der Waals surface area (Å²) in [4.78, 5) is 18.7. The topological polar surface area (TPSA) is 58.7 Å². The second-order valence-corrected chi connectivity index (χ2v) is 6.04. The maximum Gasteiger partial charge on any atom is 0.182 e. The Balaban J connectivity index is 2.11. The van der Waals surface area contributed by atoms with Crippen molar-refractivity contribution in [3.8, 4) is 0 Å². The Morgan fingerprint density at radius 3 is 2.91 bits per heavy atom. The summed E-state index contributed by atoms with van der Waals surface area (Å²) in [6, 6.07) is 6.32. The molecule has 4 nitrogen and oxygen atoms in total. The van der Waals surface area contributed by atoms with Crippen LogP contribution in [0.5, 0.6) is 0 Å². The summed E-state index contributed by atoms with van der Waals surface area (Å²) in [5, 5.41) is 0. The van der Waals surface area contributed by atoms with E-state index in [0.29, 0.717) is 24.6 Å². The summed E-state index contributed by atoms with van der Waals surface area (Å²) in [6.07, 6.45) is 7.60. The molecule has 2 N–H and O–H groups in total. The zero-order chi connectivity index (χ0) is 15.7. The molecule has 4 heteroatoms. The van der Waals surface area contributed by atoms with Crippen LogP contribution in [0.25, 0.3) is 0 Å².